The Morgan fingerprint density at radius 2 is 1.70 bits per heavy atom. The van der Waals surface area contributed by atoms with Gasteiger partial charge in [-0.25, -0.2) is 9.78 Å². The lowest BCUT2D eigenvalue weighted by Gasteiger charge is -2.18. The van der Waals surface area contributed by atoms with Gasteiger partial charge in [0, 0.05) is 24.1 Å². The van der Waals surface area contributed by atoms with Crippen LogP contribution < -0.4 is 19.5 Å². The first-order valence-electron chi connectivity index (χ1n) is 12.7. The summed E-state index contributed by atoms with van der Waals surface area (Å²) in [7, 11) is 1.57. The van der Waals surface area contributed by atoms with Gasteiger partial charge in [-0.05, 0) is 67.6 Å². The highest BCUT2D eigenvalue weighted by Crippen LogP contribution is 2.23. The van der Waals surface area contributed by atoms with Gasteiger partial charge in [0.05, 0.1) is 19.4 Å². The standard InChI is InChI=1S/C29H28N6O5/c1-19-25(31-28(39-19)20-6-4-3-5-7-20)16-17-38-23-10-8-21(9-11-23)30-26(18-27-32-34-35-33-27)29(36)40-24-14-12-22(37-2)13-15-24/h3-15,26,30H,16-18H2,1-2H3,(H,32,33,34,35). The molecule has 11 heteroatoms. The number of ether oxygens (including phenoxy) is 3. The number of methoxy groups -OCH3 is 1. The number of H-pyrrole nitrogens is 1. The van der Waals surface area contributed by atoms with Crippen molar-refractivity contribution in [2.45, 2.75) is 25.8 Å². The summed E-state index contributed by atoms with van der Waals surface area (Å²) in [5, 5.41) is 17.1. The Morgan fingerprint density at radius 3 is 2.40 bits per heavy atom. The molecule has 0 aliphatic carbocycles. The van der Waals surface area contributed by atoms with E-state index in [-0.39, 0.29) is 6.42 Å². The van der Waals surface area contributed by atoms with Crippen LogP contribution >= 0.6 is 0 Å². The van der Waals surface area contributed by atoms with Crippen LogP contribution in [0.25, 0.3) is 11.5 Å². The van der Waals surface area contributed by atoms with Gasteiger partial charge in [0.15, 0.2) is 5.82 Å². The van der Waals surface area contributed by atoms with Crippen LogP contribution in [0.4, 0.5) is 5.69 Å². The van der Waals surface area contributed by atoms with Crippen molar-refractivity contribution in [1.29, 1.82) is 0 Å². The number of benzene rings is 3. The number of oxazole rings is 1. The molecule has 2 heterocycles. The van der Waals surface area contributed by atoms with E-state index < -0.39 is 12.0 Å². The molecule has 0 amide bonds. The van der Waals surface area contributed by atoms with E-state index in [1.54, 1.807) is 31.4 Å². The Labute approximate surface area is 230 Å². The van der Waals surface area contributed by atoms with E-state index in [1.165, 1.54) is 0 Å². The average molecular weight is 541 g/mol. The molecule has 0 aliphatic rings. The SMILES string of the molecule is COc1ccc(OC(=O)C(Cc2nn[nH]n2)Nc2ccc(OCCc3nc(-c4ccccc4)oc3C)cc2)cc1. The van der Waals surface area contributed by atoms with Gasteiger partial charge in [0.25, 0.3) is 0 Å². The second-order valence-corrected chi connectivity index (χ2v) is 8.84. The largest absolute Gasteiger partial charge is 0.497 e. The van der Waals surface area contributed by atoms with Gasteiger partial charge in [0.1, 0.15) is 29.1 Å². The number of rotatable bonds is 12. The van der Waals surface area contributed by atoms with Crippen molar-refractivity contribution in [3.05, 3.63) is 96.1 Å². The number of carbonyl (C=O) groups is 1. The zero-order valence-corrected chi connectivity index (χ0v) is 22.0. The molecule has 5 aromatic rings. The van der Waals surface area contributed by atoms with Crippen LogP contribution in [0, 0.1) is 6.92 Å². The van der Waals surface area contributed by atoms with Crippen molar-refractivity contribution in [3.8, 4) is 28.7 Å². The van der Waals surface area contributed by atoms with Crippen molar-refractivity contribution in [2.24, 2.45) is 0 Å². The Bertz CT molecular complexity index is 1500. The van der Waals surface area contributed by atoms with Crippen LogP contribution in [-0.2, 0) is 17.6 Å². The second kappa shape index (κ2) is 12.6. The molecule has 0 saturated carbocycles. The number of tetrazole rings is 1. The minimum Gasteiger partial charge on any atom is -0.497 e. The van der Waals surface area contributed by atoms with E-state index in [0.717, 1.165) is 17.0 Å². The highest BCUT2D eigenvalue weighted by Gasteiger charge is 2.23. The van der Waals surface area contributed by atoms with Crippen LogP contribution in [0.15, 0.2) is 83.3 Å². The summed E-state index contributed by atoms with van der Waals surface area (Å²) in [5.74, 6) is 3.01. The summed E-state index contributed by atoms with van der Waals surface area (Å²) in [6.45, 7) is 2.34. The first-order chi connectivity index (χ1) is 19.6. The fraction of sp³-hybridized carbons (Fsp3) is 0.207. The van der Waals surface area contributed by atoms with Crippen LogP contribution in [-0.4, -0.2) is 51.3 Å². The average Bonchev–Trinajstić information content (AvgIpc) is 3.64. The maximum absolute atomic E-state index is 13.0. The Kier molecular flexibility index (Phi) is 8.30. The van der Waals surface area contributed by atoms with Crippen LogP contribution in [0.3, 0.4) is 0 Å². The molecular formula is C29H28N6O5. The topological polar surface area (TPSA) is 137 Å². The summed E-state index contributed by atoms with van der Waals surface area (Å²) < 4.78 is 22.5. The van der Waals surface area contributed by atoms with E-state index in [1.807, 2.05) is 61.5 Å². The van der Waals surface area contributed by atoms with E-state index in [4.69, 9.17) is 18.6 Å². The Morgan fingerprint density at radius 1 is 0.975 bits per heavy atom. The molecule has 0 saturated heterocycles. The van der Waals surface area contributed by atoms with Crippen LogP contribution in [0.5, 0.6) is 17.2 Å². The third-order valence-electron chi connectivity index (χ3n) is 6.05. The number of aryl methyl sites for hydroxylation is 1. The maximum atomic E-state index is 13.0. The summed E-state index contributed by atoms with van der Waals surface area (Å²) in [4.78, 5) is 17.6. The van der Waals surface area contributed by atoms with E-state index >= 15 is 0 Å². The van der Waals surface area contributed by atoms with Crippen LogP contribution in [0.1, 0.15) is 17.3 Å². The summed E-state index contributed by atoms with van der Waals surface area (Å²) in [6.07, 6.45) is 0.776. The number of carbonyl (C=O) groups excluding carboxylic acids is 1. The molecule has 0 bridgehead atoms. The molecule has 0 spiro atoms. The summed E-state index contributed by atoms with van der Waals surface area (Å²) in [6, 6.07) is 23.1. The number of hydrogen-bond acceptors (Lipinski definition) is 10. The third kappa shape index (κ3) is 6.81. The molecular weight excluding hydrogens is 512 g/mol. The van der Waals surface area contributed by atoms with Gasteiger partial charge >= 0.3 is 5.97 Å². The molecule has 2 N–H and O–H groups in total. The van der Waals surface area contributed by atoms with Crippen molar-refractivity contribution >= 4 is 11.7 Å². The number of nitrogens with one attached hydrogen (secondary N) is 2. The molecule has 11 nitrogen and oxygen atoms in total. The zero-order valence-electron chi connectivity index (χ0n) is 22.0. The number of esters is 1. The first kappa shape index (κ1) is 26.4. The number of nitrogens with zero attached hydrogens (tertiary/aromatic N) is 4. The van der Waals surface area contributed by atoms with E-state index in [2.05, 4.69) is 30.9 Å². The fourth-order valence-electron chi connectivity index (χ4n) is 3.95. The fourth-order valence-corrected chi connectivity index (χ4v) is 3.95. The molecule has 0 radical (unpaired) electrons. The van der Waals surface area contributed by atoms with Gasteiger partial charge < -0.3 is 23.9 Å². The minimum absolute atomic E-state index is 0.172. The number of hydrogen-bond donors (Lipinski definition) is 2. The van der Waals surface area contributed by atoms with Crippen molar-refractivity contribution in [2.75, 3.05) is 19.0 Å². The molecule has 1 unspecified atom stereocenters. The van der Waals surface area contributed by atoms with Crippen molar-refractivity contribution in [1.82, 2.24) is 25.6 Å². The molecule has 1 atom stereocenters. The molecule has 0 aliphatic heterocycles. The van der Waals surface area contributed by atoms with Gasteiger partial charge in [-0.1, -0.05) is 23.4 Å². The smallest absolute Gasteiger partial charge is 0.334 e. The third-order valence-corrected chi connectivity index (χ3v) is 6.05. The van der Waals surface area contributed by atoms with Gasteiger partial charge in [0.2, 0.25) is 5.89 Å². The lowest BCUT2D eigenvalue weighted by molar-refractivity contribution is -0.135. The molecule has 5 rings (SSSR count). The molecule has 204 valence electrons. The zero-order chi connectivity index (χ0) is 27.7. The summed E-state index contributed by atoms with van der Waals surface area (Å²) >= 11 is 0. The van der Waals surface area contributed by atoms with Crippen molar-refractivity contribution < 1.29 is 23.4 Å². The Hall–Kier alpha value is -5.19. The molecule has 3 aromatic carbocycles. The maximum Gasteiger partial charge on any atom is 0.334 e. The molecule has 40 heavy (non-hydrogen) atoms. The predicted octanol–water partition coefficient (Wildman–Crippen LogP) is 4.42. The van der Waals surface area contributed by atoms with E-state index in [0.29, 0.717) is 47.7 Å². The van der Waals surface area contributed by atoms with Gasteiger partial charge in [-0.2, -0.15) is 5.21 Å². The minimum atomic E-state index is -0.763. The lowest BCUT2D eigenvalue weighted by Crippen LogP contribution is -2.35. The van der Waals surface area contributed by atoms with Gasteiger partial charge in [-0.3, -0.25) is 0 Å². The molecule has 2 aromatic heterocycles. The monoisotopic (exact) mass is 540 g/mol. The highest BCUT2D eigenvalue weighted by molar-refractivity contribution is 5.81. The summed E-state index contributed by atoms with van der Waals surface area (Å²) in [5.41, 5.74) is 2.50. The number of anilines is 1. The number of aromatic nitrogens is 5. The lowest BCUT2D eigenvalue weighted by atomic mass is 10.1. The highest BCUT2D eigenvalue weighted by atomic mass is 16.5. The quantitative estimate of drug-likeness (QED) is 0.173. The Balaban J connectivity index is 1.18. The van der Waals surface area contributed by atoms with Gasteiger partial charge in [-0.15, -0.1) is 10.2 Å². The second-order valence-electron chi connectivity index (χ2n) is 8.84. The van der Waals surface area contributed by atoms with Crippen LogP contribution in [0.2, 0.25) is 0 Å². The molecule has 0 fully saturated rings. The predicted molar refractivity (Wildman–Crippen MR) is 146 cm³/mol. The van der Waals surface area contributed by atoms with E-state index in [9.17, 15) is 4.79 Å². The normalized spacial score (nSPS) is 11.6. The number of aromatic amines is 1. The van der Waals surface area contributed by atoms with Crippen molar-refractivity contribution in [3.63, 3.8) is 0 Å². The first-order valence-corrected chi connectivity index (χ1v) is 12.7.